The zero-order valence-corrected chi connectivity index (χ0v) is 22.8. The van der Waals surface area contributed by atoms with Crippen molar-refractivity contribution >= 4 is 49.6 Å². The molecule has 8 aromatic rings. The topological polar surface area (TPSA) is 21.1 Å². The minimum Gasteiger partial charge on any atom is -0.306 e. The van der Waals surface area contributed by atoms with Gasteiger partial charge in [-0.25, -0.2) is 4.98 Å². The van der Waals surface area contributed by atoms with Gasteiger partial charge in [-0.3, -0.25) is 4.57 Å². The molecule has 1 aliphatic heterocycles. The number of para-hydroxylation sites is 4. The Bertz CT molecular complexity index is 2240. The molecular weight excluding hydrogens is 510 g/mol. The molecule has 0 radical (unpaired) electrons. The summed E-state index contributed by atoms with van der Waals surface area (Å²) in [5.41, 5.74) is 10.3. The summed E-state index contributed by atoms with van der Waals surface area (Å²) in [7, 11) is 0. The van der Waals surface area contributed by atoms with Gasteiger partial charge >= 0.3 is 0 Å². The molecule has 1 aromatic heterocycles. The fourth-order valence-electron chi connectivity index (χ4n) is 6.80. The van der Waals surface area contributed by atoms with Crippen molar-refractivity contribution in [2.24, 2.45) is 0 Å². The van der Waals surface area contributed by atoms with E-state index in [4.69, 9.17) is 4.98 Å². The van der Waals surface area contributed by atoms with Gasteiger partial charge in [-0.1, -0.05) is 115 Å². The smallest absolute Gasteiger partial charge is 0.147 e. The third-order valence-electron chi connectivity index (χ3n) is 8.49. The molecule has 0 saturated heterocycles. The first-order valence-corrected chi connectivity index (χ1v) is 14.3. The quantitative estimate of drug-likeness (QED) is 0.210. The molecule has 0 bridgehead atoms. The van der Waals surface area contributed by atoms with Crippen molar-refractivity contribution in [1.29, 1.82) is 0 Å². The first-order chi connectivity index (χ1) is 20.9. The van der Waals surface area contributed by atoms with E-state index in [1.807, 2.05) is 0 Å². The van der Waals surface area contributed by atoms with Gasteiger partial charge in [-0.2, -0.15) is 0 Å². The predicted molar refractivity (Wildman–Crippen MR) is 175 cm³/mol. The van der Waals surface area contributed by atoms with Gasteiger partial charge in [0.2, 0.25) is 0 Å². The van der Waals surface area contributed by atoms with Crippen molar-refractivity contribution < 1.29 is 0 Å². The van der Waals surface area contributed by atoms with Gasteiger partial charge in [0.15, 0.2) is 0 Å². The third kappa shape index (κ3) is 3.19. The zero-order chi connectivity index (χ0) is 27.6. The normalized spacial score (nSPS) is 12.2. The largest absolute Gasteiger partial charge is 0.306 e. The standard InChI is InChI=1S/C39H25N3/c1-3-14-26(15-4-1)36-28-18-7-9-20-30(28)37(31-21-10-8-19-29(31)36)39-40-32-22-13-25-35-38(32)42(39)34-24-12-11-23-33(34)41(35)27-16-5-2-6-17-27/h1-25H. The molecule has 0 unspecified atom stereocenters. The lowest BCUT2D eigenvalue weighted by Gasteiger charge is -2.33. The van der Waals surface area contributed by atoms with Gasteiger partial charge in [-0.05, 0) is 69.1 Å². The SMILES string of the molecule is c1ccc(-c2c3ccccc3c(-c3nc4cccc5c4n3-c3ccccc3N5c3ccccc3)c3ccccc23)cc1. The Kier molecular flexibility index (Phi) is 4.90. The highest BCUT2D eigenvalue weighted by molar-refractivity contribution is 6.21. The lowest BCUT2D eigenvalue weighted by molar-refractivity contribution is 1.07. The average Bonchev–Trinajstić information content (AvgIpc) is 3.45. The van der Waals surface area contributed by atoms with E-state index in [1.54, 1.807) is 0 Å². The highest BCUT2D eigenvalue weighted by atomic mass is 15.2. The van der Waals surface area contributed by atoms with Crippen LogP contribution < -0.4 is 4.90 Å². The fraction of sp³-hybridized carbons (Fsp3) is 0. The molecule has 3 nitrogen and oxygen atoms in total. The molecule has 3 heteroatoms. The monoisotopic (exact) mass is 535 g/mol. The summed E-state index contributed by atoms with van der Waals surface area (Å²) >= 11 is 0. The number of benzene rings is 7. The second-order valence-electron chi connectivity index (χ2n) is 10.8. The molecular formula is C39H25N3. The first-order valence-electron chi connectivity index (χ1n) is 14.3. The van der Waals surface area contributed by atoms with Gasteiger partial charge < -0.3 is 4.90 Å². The van der Waals surface area contributed by atoms with Gasteiger partial charge in [0, 0.05) is 11.3 Å². The highest BCUT2D eigenvalue weighted by Gasteiger charge is 2.30. The molecule has 0 aliphatic carbocycles. The maximum absolute atomic E-state index is 5.42. The average molecular weight is 536 g/mol. The summed E-state index contributed by atoms with van der Waals surface area (Å²) in [5, 5.41) is 4.86. The number of aromatic nitrogens is 2. The van der Waals surface area contributed by atoms with Crippen LogP contribution in [0.15, 0.2) is 152 Å². The van der Waals surface area contributed by atoms with E-state index >= 15 is 0 Å². The Morgan fingerprint density at radius 2 is 0.929 bits per heavy atom. The van der Waals surface area contributed by atoms with Crippen molar-refractivity contribution in [3.8, 4) is 28.2 Å². The molecule has 0 amide bonds. The Morgan fingerprint density at radius 3 is 1.60 bits per heavy atom. The summed E-state index contributed by atoms with van der Waals surface area (Å²) in [4.78, 5) is 7.78. The van der Waals surface area contributed by atoms with Crippen molar-refractivity contribution in [3.05, 3.63) is 152 Å². The van der Waals surface area contributed by atoms with Crippen LogP contribution in [0.3, 0.4) is 0 Å². The molecule has 0 spiro atoms. The first kappa shape index (κ1) is 23.1. The maximum atomic E-state index is 5.42. The molecule has 0 atom stereocenters. The highest BCUT2D eigenvalue weighted by Crippen LogP contribution is 2.50. The molecule has 42 heavy (non-hydrogen) atoms. The van der Waals surface area contributed by atoms with E-state index in [2.05, 4.69) is 161 Å². The lowest BCUT2D eigenvalue weighted by atomic mass is 9.88. The van der Waals surface area contributed by atoms with Gasteiger partial charge in [0.1, 0.15) is 5.82 Å². The summed E-state index contributed by atoms with van der Waals surface area (Å²) < 4.78 is 2.38. The molecule has 9 rings (SSSR count). The van der Waals surface area contributed by atoms with Gasteiger partial charge in [-0.15, -0.1) is 0 Å². The van der Waals surface area contributed by atoms with Crippen molar-refractivity contribution in [1.82, 2.24) is 9.55 Å². The second kappa shape index (κ2) is 8.92. The number of nitrogens with zero attached hydrogens (tertiary/aromatic N) is 3. The van der Waals surface area contributed by atoms with Crippen molar-refractivity contribution in [2.45, 2.75) is 0 Å². The minimum atomic E-state index is 0.963. The van der Waals surface area contributed by atoms with Crippen LogP contribution in [0.2, 0.25) is 0 Å². The van der Waals surface area contributed by atoms with Crippen LogP contribution in [0.25, 0.3) is 60.8 Å². The summed E-state index contributed by atoms with van der Waals surface area (Å²) in [6.45, 7) is 0. The zero-order valence-electron chi connectivity index (χ0n) is 22.8. The summed E-state index contributed by atoms with van der Waals surface area (Å²) in [6.07, 6.45) is 0. The van der Waals surface area contributed by atoms with E-state index in [-0.39, 0.29) is 0 Å². The number of imidazole rings is 1. The maximum Gasteiger partial charge on any atom is 0.147 e. The number of fused-ring (bicyclic) bond motifs is 4. The van der Waals surface area contributed by atoms with Crippen molar-refractivity contribution in [2.75, 3.05) is 4.90 Å². The number of rotatable bonds is 3. The number of hydrogen-bond acceptors (Lipinski definition) is 2. The van der Waals surface area contributed by atoms with Crippen LogP contribution in [-0.2, 0) is 0 Å². The van der Waals surface area contributed by atoms with Gasteiger partial charge in [0.05, 0.1) is 28.1 Å². The predicted octanol–water partition coefficient (Wildman–Crippen LogP) is 10.4. The molecule has 1 aliphatic rings. The van der Waals surface area contributed by atoms with Crippen LogP contribution >= 0.6 is 0 Å². The van der Waals surface area contributed by atoms with E-state index in [9.17, 15) is 0 Å². The second-order valence-corrected chi connectivity index (χ2v) is 10.8. The van der Waals surface area contributed by atoms with Crippen molar-refractivity contribution in [3.63, 3.8) is 0 Å². The van der Waals surface area contributed by atoms with Crippen LogP contribution in [0.4, 0.5) is 17.1 Å². The van der Waals surface area contributed by atoms with E-state index < -0.39 is 0 Å². The van der Waals surface area contributed by atoms with E-state index in [0.29, 0.717) is 0 Å². The Hall–Kier alpha value is -5.67. The van der Waals surface area contributed by atoms with E-state index in [1.165, 1.54) is 32.7 Å². The number of anilines is 3. The molecule has 196 valence electrons. The molecule has 7 aromatic carbocycles. The molecule has 0 N–H and O–H groups in total. The summed E-state index contributed by atoms with van der Waals surface area (Å²) in [6, 6.07) is 54.1. The minimum absolute atomic E-state index is 0.963. The Morgan fingerprint density at radius 1 is 0.405 bits per heavy atom. The van der Waals surface area contributed by atoms with Crippen LogP contribution in [0, 0.1) is 0 Å². The molecule has 0 fully saturated rings. The molecule has 2 heterocycles. The van der Waals surface area contributed by atoms with Crippen LogP contribution in [0.5, 0.6) is 0 Å². The van der Waals surface area contributed by atoms with Crippen LogP contribution in [0.1, 0.15) is 0 Å². The summed E-state index contributed by atoms with van der Waals surface area (Å²) in [5.74, 6) is 0.963. The van der Waals surface area contributed by atoms with Gasteiger partial charge in [0.25, 0.3) is 0 Å². The Balaban J connectivity index is 1.44. The Labute approximate surface area is 243 Å². The molecule has 0 saturated carbocycles. The third-order valence-corrected chi connectivity index (χ3v) is 8.49. The lowest BCUT2D eigenvalue weighted by Crippen LogP contribution is -2.18. The number of hydrogen-bond donors (Lipinski definition) is 0. The van der Waals surface area contributed by atoms with E-state index in [0.717, 1.165) is 45.2 Å². The van der Waals surface area contributed by atoms with Crippen LogP contribution in [-0.4, -0.2) is 9.55 Å². The fourth-order valence-corrected chi connectivity index (χ4v) is 6.80.